The highest BCUT2D eigenvalue weighted by Crippen LogP contribution is 2.71. The number of hydrogen-bond acceptors (Lipinski definition) is 2. The lowest BCUT2D eigenvalue weighted by Crippen LogP contribution is -2.66. The molecule has 3 fully saturated rings. The van der Waals surface area contributed by atoms with E-state index in [1.807, 2.05) is 19.9 Å². The molecule has 0 aromatic carbocycles. The Kier molecular flexibility index (Phi) is 4.29. The molecule has 29 heavy (non-hydrogen) atoms. The molecule has 0 bridgehead atoms. The van der Waals surface area contributed by atoms with E-state index in [2.05, 4.69) is 0 Å². The van der Waals surface area contributed by atoms with Crippen molar-refractivity contribution in [3.63, 3.8) is 0 Å². The lowest BCUT2D eigenvalue weighted by Gasteiger charge is -2.60. The Morgan fingerprint density at radius 3 is 2.31 bits per heavy atom. The first kappa shape index (κ1) is 21.0. The number of halogens is 5. The van der Waals surface area contributed by atoms with Gasteiger partial charge in [-0.3, -0.25) is 4.79 Å². The van der Waals surface area contributed by atoms with E-state index < -0.39 is 35.5 Å². The number of allylic oxidation sites excluding steroid dienone is 4. The number of hydrogen-bond donors (Lipinski definition) is 1. The summed E-state index contributed by atoms with van der Waals surface area (Å²) in [5.41, 5.74) is -3.97. The van der Waals surface area contributed by atoms with Gasteiger partial charge in [0.2, 0.25) is 0 Å². The Hall–Kier alpha value is -1.24. The van der Waals surface area contributed by atoms with Crippen molar-refractivity contribution in [2.75, 3.05) is 0 Å². The van der Waals surface area contributed by atoms with Crippen molar-refractivity contribution < 1.29 is 31.9 Å². The lowest BCUT2D eigenvalue weighted by atomic mass is 9.45. The standard InChI is InChI=1S/C22H27F5O2/c1-12-10-13-11-14(28)4-7-18(13,2)15-5-8-19(3)16(17(12)15)6-9-20(19,29)21(23,24)22(25,26)27/h4,7,11-12,15-17,29H,5-6,8-10H2,1-3H3/t12?,15?,16?,17?,18-,19-,20+/m0/s1. The molecule has 0 radical (unpaired) electrons. The Morgan fingerprint density at radius 1 is 1.07 bits per heavy atom. The van der Waals surface area contributed by atoms with Crippen molar-refractivity contribution in [1.82, 2.24) is 0 Å². The summed E-state index contributed by atoms with van der Waals surface area (Å²) in [4.78, 5) is 11.9. The van der Waals surface area contributed by atoms with Gasteiger partial charge in [0.25, 0.3) is 0 Å². The fourth-order valence-electron chi connectivity index (χ4n) is 7.32. The zero-order valence-electron chi connectivity index (χ0n) is 16.8. The number of aliphatic hydroxyl groups is 1. The Morgan fingerprint density at radius 2 is 1.69 bits per heavy atom. The summed E-state index contributed by atoms with van der Waals surface area (Å²) in [6.07, 6.45) is 0.0750. The molecule has 0 heterocycles. The fourth-order valence-corrected chi connectivity index (χ4v) is 7.32. The van der Waals surface area contributed by atoms with E-state index in [-0.39, 0.29) is 41.8 Å². The maximum Gasteiger partial charge on any atom is 0.456 e. The molecular formula is C22H27F5O2. The van der Waals surface area contributed by atoms with E-state index in [0.29, 0.717) is 12.8 Å². The minimum absolute atomic E-state index is 0.0464. The predicted molar refractivity (Wildman–Crippen MR) is 97.1 cm³/mol. The van der Waals surface area contributed by atoms with Gasteiger partial charge in [-0.1, -0.05) is 32.4 Å². The Balaban J connectivity index is 1.75. The molecule has 3 saturated carbocycles. The third-order valence-corrected chi connectivity index (χ3v) is 8.93. The maximum atomic E-state index is 14.5. The molecule has 0 aromatic heterocycles. The molecule has 4 aliphatic carbocycles. The summed E-state index contributed by atoms with van der Waals surface area (Å²) >= 11 is 0. The van der Waals surface area contributed by atoms with Gasteiger partial charge in [0, 0.05) is 10.8 Å². The van der Waals surface area contributed by atoms with Gasteiger partial charge >= 0.3 is 12.1 Å². The van der Waals surface area contributed by atoms with Crippen LogP contribution in [0.2, 0.25) is 0 Å². The minimum Gasteiger partial charge on any atom is -0.383 e. The van der Waals surface area contributed by atoms with Crippen molar-refractivity contribution in [1.29, 1.82) is 0 Å². The van der Waals surface area contributed by atoms with Gasteiger partial charge in [0.05, 0.1) is 0 Å². The molecule has 4 aliphatic rings. The van der Waals surface area contributed by atoms with Crippen LogP contribution in [0, 0.1) is 34.5 Å². The van der Waals surface area contributed by atoms with E-state index in [9.17, 15) is 31.9 Å². The molecular weight excluding hydrogens is 391 g/mol. The van der Waals surface area contributed by atoms with Gasteiger partial charge in [0.15, 0.2) is 5.78 Å². The van der Waals surface area contributed by atoms with E-state index in [0.717, 1.165) is 5.57 Å². The summed E-state index contributed by atoms with van der Waals surface area (Å²) < 4.78 is 68.7. The molecule has 7 atom stereocenters. The number of rotatable bonds is 1. The highest BCUT2D eigenvalue weighted by atomic mass is 19.4. The van der Waals surface area contributed by atoms with Crippen LogP contribution in [-0.2, 0) is 4.79 Å². The quantitative estimate of drug-likeness (QED) is 0.574. The van der Waals surface area contributed by atoms with Gasteiger partial charge in [0.1, 0.15) is 5.60 Å². The van der Waals surface area contributed by atoms with Crippen molar-refractivity contribution in [3.8, 4) is 0 Å². The molecule has 1 N–H and O–H groups in total. The van der Waals surface area contributed by atoms with Gasteiger partial charge in [-0.25, -0.2) is 0 Å². The highest BCUT2D eigenvalue weighted by molar-refractivity contribution is 6.01. The summed E-state index contributed by atoms with van der Waals surface area (Å²) in [5.74, 6) is -5.61. The molecule has 0 saturated heterocycles. The largest absolute Gasteiger partial charge is 0.456 e. The van der Waals surface area contributed by atoms with Crippen LogP contribution in [-0.4, -0.2) is 28.6 Å². The van der Waals surface area contributed by atoms with Crippen LogP contribution < -0.4 is 0 Å². The van der Waals surface area contributed by atoms with E-state index >= 15 is 0 Å². The van der Waals surface area contributed by atoms with Crippen molar-refractivity contribution in [2.45, 2.75) is 70.6 Å². The van der Waals surface area contributed by atoms with E-state index in [4.69, 9.17) is 0 Å². The maximum absolute atomic E-state index is 14.5. The van der Waals surface area contributed by atoms with Crippen LogP contribution in [0.1, 0.15) is 52.9 Å². The van der Waals surface area contributed by atoms with Gasteiger partial charge in [-0.05, 0) is 67.9 Å². The van der Waals surface area contributed by atoms with Crippen LogP contribution >= 0.6 is 0 Å². The molecule has 0 amide bonds. The number of ketones is 1. The zero-order valence-corrected chi connectivity index (χ0v) is 16.8. The second-order valence-corrected chi connectivity index (χ2v) is 10.1. The van der Waals surface area contributed by atoms with Gasteiger partial charge in [-0.2, -0.15) is 22.0 Å². The van der Waals surface area contributed by atoms with E-state index in [1.54, 1.807) is 6.08 Å². The Labute approximate surface area is 167 Å². The predicted octanol–water partition coefficient (Wildman–Crippen LogP) is 5.47. The average molecular weight is 418 g/mol. The smallest absolute Gasteiger partial charge is 0.383 e. The summed E-state index contributed by atoms with van der Waals surface area (Å²) in [7, 11) is 0. The first-order valence-corrected chi connectivity index (χ1v) is 10.3. The first-order chi connectivity index (χ1) is 13.2. The van der Waals surface area contributed by atoms with Crippen LogP contribution in [0.15, 0.2) is 23.8 Å². The second kappa shape index (κ2) is 5.92. The third-order valence-electron chi connectivity index (χ3n) is 8.93. The average Bonchev–Trinajstić information content (AvgIpc) is 2.88. The van der Waals surface area contributed by atoms with Gasteiger partial charge in [-0.15, -0.1) is 0 Å². The Bertz CT molecular complexity index is 800. The van der Waals surface area contributed by atoms with Crippen molar-refractivity contribution in [2.24, 2.45) is 34.5 Å². The number of alkyl halides is 5. The molecule has 2 nitrogen and oxygen atoms in total. The second-order valence-electron chi connectivity index (χ2n) is 10.1. The SMILES string of the molecule is CC1CC2=CC(=O)C=C[C@]2(C)C2CC[C@@]3(C)C(CC[C@]3(O)C(F)(F)C(F)(F)F)C12. The van der Waals surface area contributed by atoms with Crippen molar-refractivity contribution in [3.05, 3.63) is 23.8 Å². The monoisotopic (exact) mass is 418 g/mol. The van der Waals surface area contributed by atoms with Crippen LogP contribution in [0.4, 0.5) is 22.0 Å². The number of fused-ring (bicyclic) bond motifs is 5. The first-order valence-electron chi connectivity index (χ1n) is 10.3. The zero-order chi connectivity index (χ0) is 21.6. The summed E-state index contributed by atoms with van der Waals surface area (Å²) in [6.45, 7) is 5.46. The molecule has 4 unspecified atom stereocenters. The fraction of sp³-hybridized carbons (Fsp3) is 0.773. The van der Waals surface area contributed by atoms with Gasteiger partial charge < -0.3 is 5.11 Å². The van der Waals surface area contributed by atoms with E-state index in [1.165, 1.54) is 13.0 Å². The normalized spacial score (nSPS) is 47.3. The lowest BCUT2D eigenvalue weighted by molar-refractivity contribution is -0.364. The molecule has 162 valence electrons. The number of carbonyl (C=O) groups excluding carboxylic acids is 1. The molecule has 4 rings (SSSR count). The van der Waals surface area contributed by atoms with Crippen molar-refractivity contribution >= 4 is 5.78 Å². The highest BCUT2D eigenvalue weighted by Gasteiger charge is 2.79. The summed E-state index contributed by atoms with van der Waals surface area (Å²) in [6, 6.07) is 0. The summed E-state index contributed by atoms with van der Waals surface area (Å²) in [5, 5.41) is 10.9. The number of carbonyl (C=O) groups is 1. The van der Waals surface area contributed by atoms with Crippen LogP contribution in [0.5, 0.6) is 0 Å². The van der Waals surface area contributed by atoms with Crippen LogP contribution in [0.3, 0.4) is 0 Å². The molecule has 0 spiro atoms. The molecule has 0 aliphatic heterocycles. The molecule has 7 heteroatoms. The molecule has 0 aromatic rings. The minimum atomic E-state index is -5.79. The topological polar surface area (TPSA) is 37.3 Å². The third kappa shape index (κ3) is 2.45. The van der Waals surface area contributed by atoms with Crippen LogP contribution in [0.25, 0.3) is 0 Å².